The van der Waals surface area contributed by atoms with Gasteiger partial charge in [0.05, 0.1) is 6.42 Å². The number of carbonyl (C=O) groups is 1. The molecule has 0 saturated carbocycles. The van der Waals surface area contributed by atoms with Crippen LogP contribution in [0.4, 0.5) is 0 Å². The summed E-state index contributed by atoms with van der Waals surface area (Å²) in [5.41, 5.74) is 7.89. The molecule has 2 aromatic rings. The summed E-state index contributed by atoms with van der Waals surface area (Å²) in [4.78, 5) is 10.9. The first-order valence-corrected chi connectivity index (χ1v) is 5.33. The average molecular weight is 268 g/mol. The maximum atomic E-state index is 10.9. The number of benzene rings is 1. The molecule has 0 aliphatic heterocycles. The smallest absolute Gasteiger partial charge is 0.222 e. The van der Waals surface area contributed by atoms with Crippen LogP contribution in [0.1, 0.15) is 11.1 Å². The first-order chi connectivity index (χ1) is 7.08. The molecule has 1 amide bonds. The highest BCUT2D eigenvalue weighted by molar-refractivity contribution is 9.10. The van der Waals surface area contributed by atoms with Gasteiger partial charge in [-0.1, -0.05) is 11.6 Å². The van der Waals surface area contributed by atoms with Gasteiger partial charge in [-0.3, -0.25) is 4.79 Å². The largest absolute Gasteiger partial charge is 0.449 e. The molecular formula is C11H10BrNO2. The molecule has 0 spiro atoms. The van der Waals surface area contributed by atoms with Crippen molar-refractivity contribution in [1.82, 2.24) is 0 Å². The van der Waals surface area contributed by atoms with E-state index in [9.17, 15) is 4.79 Å². The Morgan fingerprint density at radius 2 is 2.27 bits per heavy atom. The van der Waals surface area contributed by atoms with Crippen LogP contribution in [0.3, 0.4) is 0 Å². The van der Waals surface area contributed by atoms with E-state index in [1.807, 2.05) is 25.1 Å². The zero-order valence-corrected chi connectivity index (χ0v) is 9.80. The number of furan rings is 1. The Bertz CT molecular complexity index is 531. The van der Waals surface area contributed by atoms with Crippen molar-refractivity contribution in [3.8, 4) is 0 Å². The van der Waals surface area contributed by atoms with Gasteiger partial charge in [-0.05, 0) is 35.0 Å². The second-order valence-electron chi connectivity index (χ2n) is 3.50. The lowest BCUT2D eigenvalue weighted by molar-refractivity contribution is -0.117. The Kier molecular flexibility index (Phi) is 2.52. The van der Waals surface area contributed by atoms with Crippen molar-refractivity contribution in [3.63, 3.8) is 0 Å². The molecular weight excluding hydrogens is 258 g/mol. The zero-order chi connectivity index (χ0) is 11.0. The van der Waals surface area contributed by atoms with Gasteiger partial charge in [0.25, 0.3) is 0 Å². The van der Waals surface area contributed by atoms with E-state index in [0.717, 1.165) is 22.1 Å². The Balaban J connectivity index is 2.65. The summed E-state index contributed by atoms with van der Waals surface area (Å²) in [6, 6.07) is 5.84. The van der Waals surface area contributed by atoms with Gasteiger partial charge in [0, 0.05) is 10.9 Å². The summed E-state index contributed by atoms with van der Waals surface area (Å²) in [5.74, 6) is -0.361. The normalized spacial score (nSPS) is 10.8. The molecule has 1 aromatic carbocycles. The van der Waals surface area contributed by atoms with E-state index in [4.69, 9.17) is 10.2 Å². The molecule has 3 nitrogen and oxygen atoms in total. The van der Waals surface area contributed by atoms with Crippen LogP contribution >= 0.6 is 15.9 Å². The molecule has 0 aliphatic rings. The number of aryl methyl sites for hydroxylation is 1. The second-order valence-corrected chi connectivity index (χ2v) is 4.22. The lowest BCUT2D eigenvalue weighted by Crippen LogP contribution is -2.13. The van der Waals surface area contributed by atoms with Crippen molar-refractivity contribution < 1.29 is 9.21 Å². The van der Waals surface area contributed by atoms with Crippen LogP contribution in [0.2, 0.25) is 0 Å². The second kappa shape index (κ2) is 3.70. The molecule has 78 valence electrons. The lowest BCUT2D eigenvalue weighted by atomic mass is 10.1. The average Bonchev–Trinajstić information content (AvgIpc) is 2.43. The molecule has 4 heteroatoms. The van der Waals surface area contributed by atoms with Crippen LogP contribution in [0.25, 0.3) is 11.0 Å². The third-order valence-corrected chi connectivity index (χ3v) is 2.89. The predicted molar refractivity (Wildman–Crippen MR) is 61.5 cm³/mol. The highest BCUT2D eigenvalue weighted by Gasteiger charge is 2.13. The van der Waals surface area contributed by atoms with Gasteiger partial charge in [-0.2, -0.15) is 0 Å². The molecule has 2 N–H and O–H groups in total. The Morgan fingerprint density at radius 1 is 1.53 bits per heavy atom. The summed E-state index contributed by atoms with van der Waals surface area (Å²) >= 11 is 3.29. The number of rotatable bonds is 2. The summed E-state index contributed by atoms with van der Waals surface area (Å²) in [7, 11) is 0. The van der Waals surface area contributed by atoms with Crippen molar-refractivity contribution in [2.45, 2.75) is 13.3 Å². The number of amides is 1. The van der Waals surface area contributed by atoms with Crippen LogP contribution in [0.5, 0.6) is 0 Å². The highest BCUT2D eigenvalue weighted by atomic mass is 79.9. The van der Waals surface area contributed by atoms with E-state index in [-0.39, 0.29) is 12.3 Å². The standard InChI is InChI=1S/C11H10BrNO2/c1-6-2-3-9-7(4-6)8(5-10(13)14)11(12)15-9/h2-4H,5H2,1H3,(H2,13,14). The maximum absolute atomic E-state index is 10.9. The summed E-state index contributed by atoms with van der Waals surface area (Å²) in [6.07, 6.45) is 0.192. The number of fused-ring (bicyclic) bond motifs is 1. The molecule has 1 aromatic heterocycles. The van der Waals surface area contributed by atoms with Gasteiger partial charge in [0.2, 0.25) is 5.91 Å². The monoisotopic (exact) mass is 267 g/mol. The number of primary amides is 1. The van der Waals surface area contributed by atoms with Gasteiger partial charge in [-0.25, -0.2) is 0 Å². The van der Waals surface area contributed by atoms with Gasteiger partial charge in [0.15, 0.2) is 4.67 Å². The summed E-state index contributed by atoms with van der Waals surface area (Å²) in [6.45, 7) is 1.99. The van der Waals surface area contributed by atoms with E-state index < -0.39 is 0 Å². The van der Waals surface area contributed by atoms with Crippen LogP contribution in [0, 0.1) is 6.92 Å². The van der Waals surface area contributed by atoms with Gasteiger partial charge >= 0.3 is 0 Å². The minimum atomic E-state index is -0.361. The fraction of sp³-hybridized carbons (Fsp3) is 0.182. The van der Waals surface area contributed by atoms with Crippen molar-refractivity contribution in [2.75, 3.05) is 0 Å². The Morgan fingerprint density at radius 3 is 2.93 bits per heavy atom. The number of carbonyl (C=O) groups excluding carboxylic acids is 1. The number of nitrogens with two attached hydrogens (primary N) is 1. The Labute approximate surface area is 95.4 Å². The zero-order valence-electron chi connectivity index (χ0n) is 8.21. The molecule has 2 rings (SSSR count). The molecule has 0 unspecified atom stereocenters. The van der Waals surface area contributed by atoms with E-state index in [2.05, 4.69) is 15.9 Å². The molecule has 0 atom stereocenters. The number of hydrogen-bond acceptors (Lipinski definition) is 2. The first kappa shape index (κ1) is 10.2. The van der Waals surface area contributed by atoms with Gasteiger partial charge in [-0.15, -0.1) is 0 Å². The summed E-state index contributed by atoms with van der Waals surface area (Å²) < 4.78 is 6.05. The maximum Gasteiger partial charge on any atom is 0.222 e. The molecule has 15 heavy (non-hydrogen) atoms. The Hall–Kier alpha value is -1.29. The third kappa shape index (κ3) is 1.90. The van der Waals surface area contributed by atoms with E-state index in [1.165, 1.54) is 0 Å². The molecule has 0 saturated heterocycles. The predicted octanol–water partition coefficient (Wildman–Crippen LogP) is 2.53. The number of hydrogen-bond donors (Lipinski definition) is 1. The molecule has 0 aliphatic carbocycles. The van der Waals surface area contributed by atoms with Crippen LogP contribution in [-0.2, 0) is 11.2 Å². The SMILES string of the molecule is Cc1ccc2oc(Br)c(CC(N)=O)c2c1. The molecule has 0 radical (unpaired) electrons. The number of halogens is 1. The fourth-order valence-corrected chi connectivity index (χ4v) is 2.10. The van der Waals surface area contributed by atoms with Crippen LogP contribution < -0.4 is 5.73 Å². The van der Waals surface area contributed by atoms with Gasteiger partial charge in [0.1, 0.15) is 5.58 Å². The van der Waals surface area contributed by atoms with Crippen molar-refractivity contribution in [1.29, 1.82) is 0 Å². The van der Waals surface area contributed by atoms with Crippen molar-refractivity contribution in [3.05, 3.63) is 34.0 Å². The third-order valence-electron chi connectivity index (χ3n) is 2.25. The molecule has 0 fully saturated rings. The minimum absolute atomic E-state index is 0.192. The van der Waals surface area contributed by atoms with E-state index in [0.29, 0.717) is 4.67 Å². The quantitative estimate of drug-likeness (QED) is 0.909. The van der Waals surface area contributed by atoms with E-state index >= 15 is 0 Å². The molecule has 0 bridgehead atoms. The minimum Gasteiger partial charge on any atom is -0.449 e. The van der Waals surface area contributed by atoms with Crippen molar-refractivity contribution in [2.24, 2.45) is 5.73 Å². The van der Waals surface area contributed by atoms with E-state index in [1.54, 1.807) is 0 Å². The fourth-order valence-electron chi connectivity index (χ4n) is 1.57. The lowest BCUT2D eigenvalue weighted by Gasteiger charge is -1.95. The first-order valence-electron chi connectivity index (χ1n) is 4.54. The van der Waals surface area contributed by atoms with Crippen LogP contribution in [-0.4, -0.2) is 5.91 Å². The van der Waals surface area contributed by atoms with Crippen LogP contribution in [0.15, 0.2) is 27.3 Å². The van der Waals surface area contributed by atoms with Gasteiger partial charge < -0.3 is 10.2 Å². The topological polar surface area (TPSA) is 56.2 Å². The molecule has 1 heterocycles. The highest BCUT2D eigenvalue weighted by Crippen LogP contribution is 2.30. The van der Waals surface area contributed by atoms with Crippen molar-refractivity contribution >= 4 is 32.8 Å². The summed E-state index contributed by atoms with van der Waals surface area (Å²) in [5, 5.41) is 0.945.